The summed E-state index contributed by atoms with van der Waals surface area (Å²) < 4.78 is 5.18. The number of thiocarbonyl (C=S) groups is 1. The molecule has 0 unspecified atom stereocenters. The highest BCUT2D eigenvalue weighted by Crippen LogP contribution is 2.11. The van der Waals surface area contributed by atoms with Crippen LogP contribution >= 0.6 is 12.2 Å². The first kappa shape index (κ1) is 25.0. The van der Waals surface area contributed by atoms with Crippen molar-refractivity contribution in [1.82, 2.24) is 10.6 Å². The molecule has 2 aromatic rings. The number of nitrogens with one attached hydrogen (secondary N) is 3. The van der Waals surface area contributed by atoms with Crippen LogP contribution in [0.2, 0.25) is 0 Å². The summed E-state index contributed by atoms with van der Waals surface area (Å²) in [5.74, 6) is -0.766. The number of anilines is 1. The monoisotopic (exact) mass is 455 g/mol. The van der Waals surface area contributed by atoms with E-state index >= 15 is 0 Å². The third-order valence-corrected chi connectivity index (χ3v) is 4.86. The molecule has 0 saturated carbocycles. The smallest absolute Gasteiger partial charge is 0.306 e. The van der Waals surface area contributed by atoms with Crippen molar-refractivity contribution >= 4 is 40.8 Å². The predicted molar refractivity (Wildman–Crippen MR) is 128 cm³/mol. The lowest BCUT2D eigenvalue weighted by molar-refractivity contribution is -0.145. The summed E-state index contributed by atoms with van der Waals surface area (Å²) in [5.41, 5.74) is 2.94. The largest absolute Gasteiger partial charge is 0.466 e. The van der Waals surface area contributed by atoms with Gasteiger partial charge in [-0.2, -0.15) is 0 Å². The predicted octanol–water partition coefficient (Wildman–Crippen LogP) is 3.13. The third-order valence-electron chi connectivity index (χ3n) is 4.66. The Labute approximate surface area is 193 Å². The maximum atomic E-state index is 12.0. The van der Waals surface area contributed by atoms with E-state index in [-0.39, 0.29) is 29.8 Å². The summed E-state index contributed by atoms with van der Waals surface area (Å²) in [6.45, 7) is 0.328. The number of ether oxygens (including phenoxy) is 1. The van der Waals surface area contributed by atoms with Crippen LogP contribution in [0.3, 0.4) is 0 Å². The Hall–Kier alpha value is -3.26. The SMILES string of the molecule is CNC(=O)CCc1ccc(NC(=S)NC(=O)CCC(=O)OCCCc2ccccc2)cc1. The highest BCUT2D eigenvalue weighted by atomic mass is 32.1. The molecule has 0 aromatic heterocycles. The number of amides is 2. The van der Waals surface area contributed by atoms with Crippen LogP contribution < -0.4 is 16.0 Å². The van der Waals surface area contributed by atoms with Crippen molar-refractivity contribution in [3.05, 3.63) is 65.7 Å². The number of carbonyl (C=O) groups is 3. The van der Waals surface area contributed by atoms with Gasteiger partial charge in [0.2, 0.25) is 11.8 Å². The normalized spacial score (nSPS) is 10.2. The van der Waals surface area contributed by atoms with Crippen molar-refractivity contribution in [2.75, 3.05) is 19.0 Å². The fourth-order valence-corrected chi connectivity index (χ4v) is 3.12. The molecule has 0 aliphatic heterocycles. The number of carbonyl (C=O) groups excluding carboxylic acids is 3. The van der Waals surface area contributed by atoms with Crippen LogP contribution in [-0.2, 0) is 32.0 Å². The zero-order valence-corrected chi connectivity index (χ0v) is 19.0. The van der Waals surface area contributed by atoms with Crippen LogP contribution in [0.25, 0.3) is 0 Å². The first-order chi connectivity index (χ1) is 15.5. The molecule has 0 atom stereocenters. The third kappa shape index (κ3) is 10.2. The zero-order valence-electron chi connectivity index (χ0n) is 18.2. The number of benzene rings is 2. The molecule has 2 rings (SSSR count). The van der Waals surface area contributed by atoms with Gasteiger partial charge in [0.05, 0.1) is 13.0 Å². The molecule has 0 radical (unpaired) electrons. The van der Waals surface area contributed by atoms with Gasteiger partial charge in [-0.05, 0) is 54.7 Å². The second-order valence-electron chi connectivity index (χ2n) is 7.18. The van der Waals surface area contributed by atoms with Crippen LogP contribution in [0.5, 0.6) is 0 Å². The van der Waals surface area contributed by atoms with Crippen molar-refractivity contribution in [3.8, 4) is 0 Å². The lowest BCUT2D eigenvalue weighted by Crippen LogP contribution is -2.34. The minimum atomic E-state index is -0.403. The van der Waals surface area contributed by atoms with E-state index in [1.54, 1.807) is 7.05 Å². The topological polar surface area (TPSA) is 96.5 Å². The van der Waals surface area contributed by atoms with Crippen molar-refractivity contribution < 1.29 is 19.1 Å². The molecule has 7 nitrogen and oxygen atoms in total. The van der Waals surface area contributed by atoms with E-state index in [9.17, 15) is 14.4 Å². The molecule has 0 aliphatic rings. The second-order valence-corrected chi connectivity index (χ2v) is 7.59. The zero-order chi connectivity index (χ0) is 23.2. The lowest BCUT2D eigenvalue weighted by Gasteiger charge is -2.10. The fraction of sp³-hybridized carbons (Fsp3) is 0.333. The van der Waals surface area contributed by atoms with Crippen molar-refractivity contribution in [2.24, 2.45) is 0 Å². The number of hydrogen-bond acceptors (Lipinski definition) is 5. The van der Waals surface area contributed by atoms with Gasteiger partial charge in [0.1, 0.15) is 0 Å². The van der Waals surface area contributed by atoms with Gasteiger partial charge in [0.25, 0.3) is 0 Å². The van der Waals surface area contributed by atoms with E-state index in [2.05, 4.69) is 16.0 Å². The Morgan fingerprint density at radius 3 is 2.22 bits per heavy atom. The first-order valence-corrected chi connectivity index (χ1v) is 11.0. The minimum Gasteiger partial charge on any atom is -0.466 e. The van der Waals surface area contributed by atoms with Gasteiger partial charge in [0, 0.05) is 25.6 Å². The Bertz CT molecular complexity index is 901. The van der Waals surface area contributed by atoms with E-state index in [1.165, 1.54) is 5.56 Å². The number of hydrogen-bond donors (Lipinski definition) is 3. The summed E-state index contributed by atoms with van der Waals surface area (Å²) in [4.78, 5) is 35.1. The van der Waals surface area contributed by atoms with Gasteiger partial charge in [-0.15, -0.1) is 0 Å². The molecule has 0 bridgehead atoms. The van der Waals surface area contributed by atoms with Crippen LogP contribution in [0, 0.1) is 0 Å². The fourth-order valence-electron chi connectivity index (χ4n) is 2.88. The molecule has 0 heterocycles. The van der Waals surface area contributed by atoms with Gasteiger partial charge >= 0.3 is 5.97 Å². The van der Waals surface area contributed by atoms with Gasteiger partial charge in [0.15, 0.2) is 5.11 Å². The average molecular weight is 456 g/mol. The molecule has 32 heavy (non-hydrogen) atoms. The van der Waals surface area contributed by atoms with E-state index in [0.717, 1.165) is 24.1 Å². The molecule has 170 valence electrons. The maximum Gasteiger partial charge on any atom is 0.306 e. The number of rotatable bonds is 11. The molecule has 3 N–H and O–H groups in total. The Balaban J connectivity index is 1.60. The summed E-state index contributed by atoms with van der Waals surface area (Å²) in [6.07, 6.45) is 2.64. The van der Waals surface area contributed by atoms with Crippen LogP contribution in [0.15, 0.2) is 54.6 Å². The molecule has 2 amide bonds. The molecule has 0 spiro atoms. The molecular formula is C24H29N3O4S. The molecule has 0 saturated heterocycles. The van der Waals surface area contributed by atoms with Crippen molar-refractivity contribution in [3.63, 3.8) is 0 Å². The van der Waals surface area contributed by atoms with E-state index in [0.29, 0.717) is 19.4 Å². The van der Waals surface area contributed by atoms with Gasteiger partial charge in [-0.1, -0.05) is 42.5 Å². The summed E-state index contributed by atoms with van der Waals surface area (Å²) in [6, 6.07) is 17.4. The van der Waals surface area contributed by atoms with Crippen LogP contribution in [0.1, 0.15) is 36.8 Å². The van der Waals surface area contributed by atoms with Crippen LogP contribution in [-0.4, -0.2) is 36.6 Å². The van der Waals surface area contributed by atoms with E-state index < -0.39 is 5.97 Å². The lowest BCUT2D eigenvalue weighted by atomic mass is 10.1. The van der Waals surface area contributed by atoms with E-state index in [1.807, 2.05) is 54.6 Å². The van der Waals surface area contributed by atoms with Crippen molar-refractivity contribution in [1.29, 1.82) is 0 Å². The molecule has 8 heteroatoms. The summed E-state index contributed by atoms with van der Waals surface area (Å²) in [5, 5.41) is 8.23. The standard InChI is InChI=1S/C24H29N3O4S/c1-25-21(28)14-11-19-9-12-20(13-10-19)26-24(32)27-22(29)15-16-23(30)31-17-5-8-18-6-3-2-4-7-18/h2-4,6-7,9-10,12-13H,5,8,11,14-17H2,1H3,(H,25,28)(H2,26,27,29,32). The van der Waals surface area contributed by atoms with Gasteiger partial charge in [-0.25, -0.2) is 0 Å². The second kappa shape index (κ2) is 13.9. The summed E-state index contributed by atoms with van der Waals surface area (Å²) >= 11 is 5.15. The maximum absolute atomic E-state index is 12.0. The highest BCUT2D eigenvalue weighted by molar-refractivity contribution is 7.80. The molecule has 0 fully saturated rings. The van der Waals surface area contributed by atoms with Crippen molar-refractivity contribution in [2.45, 2.75) is 38.5 Å². The highest BCUT2D eigenvalue weighted by Gasteiger charge is 2.10. The van der Waals surface area contributed by atoms with Gasteiger partial charge < -0.3 is 20.7 Å². The van der Waals surface area contributed by atoms with Crippen LogP contribution in [0.4, 0.5) is 5.69 Å². The molecule has 0 aliphatic carbocycles. The quantitative estimate of drug-likeness (QED) is 0.274. The van der Waals surface area contributed by atoms with E-state index in [4.69, 9.17) is 17.0 Å². The Morgan fingerprint density at radius 1 is 0.844 bits per heavy atom. The number of aryl methyl sites for hydroxylation is 2. The Morgan fingerprint density at radius 2 is 1.53 bits per heavy atom. The molecule has 2 aromatic carbocycles. The van der Waals surface area contributed by atoms with Gasteiger partial charge in [-0.3, -0.25) is 14.4 Å². The summed E-state index contributed by atoms with van der Waals surface area (Å²) in [7, 11) is 1.61. The Kier molecular flexibility index (Phi) is 10.9. The minimum absolute atomic E-state index is 0.000181. The first-order valence-electron chi connectivity index (χ1n) is 10.6. The average Bonchev–Trinajstić information content (AvgIpc) is 2.80. The number of esters is 1. The molecular weight excluding hydrogens is 426 g/mol.